The van der Waals surface area contributed by atoms with E-state index in [2.05, 4.69) is 81.9 Å². The van der Waals surface area contributed by atoms with Crippen LogP contribution in [0.25, 0.3) is 0 Å². The molecular weight excluding hydrogens is 237 g/mol. The van der Waals surface area contributed by atoms with E-state index in [-0.39, 0.29) is 10.8 Å². The SMILES string of the molecule is CN(C)c1ccc(P)c(C(C)(C)C)c1C(C)(C)C. The van der Waals surface area contributed by atoms with Crippen molar-refractivity contribution in [3.8, 4) is 0 Å². The Morgan fingerprint density at radius 2 is 1.28 bits per heavy atom. The average Bonchev–Trinajstić information content (AvgIpc) is 2.13. The standard InChI is InChI=1S/C16H28NP/c1-15(2,3)13-11(17(7)8)9-10-12(18)14(13)16(4,5)6/h9-10H,18H2,1-8H3. The van der Waals surface area contributed by atoms with Gasteiger partial charge in [0.25, 0.3) is 0 Å². The second-order valence-corrected chi connectivity index (χ2v) is 7.94. The summed E-state index contributed by atoms with van der Waals surface area (Å²) < 4.78 is 0. The number of nitrogens with zero attached hydrogens (tertiary/aromatic N) is 1. The molecule has 0 spiro atoms. The summed E-state index contributed by atoms with van der Waals surface area (Å²) in [7, 11) is 7.15. The van der Waals surface area contributed by atoms with Crippen LogP contribution < -0.4 is 10.2 Å². The molecule has 0 amide bonds. The monoisotopic (exact) mass is 265 g/mol. The van der Waals surface area contributed by atoms with Crippen LogP contribution in [0.2, 0.25) is 0 Å². The Morgan fingerprint density at radius 3 is 1.61 bits per heavy atom. The molecule has 0 aliphatic heterocycles. The molecule has 0 aromatic heterocycles. The third-order valence-corrected chi connectivity index (χ3v) is 3.68. The Balaban J connectivity index is 3.73. The first kappa shape index (κ1) is 15.5. The summed E-state index contributed by atoms with van der Waals surface area (Å²) in [5, 5.41) is 1.32. The third kappa shape index (κ3) is 3.06. The van der Waals surface area contributed by atoms with Crippen LogP contribution in [0.3, 0.4) is 0 Å². The van der Waals surface area contributed by atoms with Crippen molar-refractivity contribution in [3.63, 3.8) is 0 Å². The average molecular weight is 265 g/mol. The third-order valence-electron chi connectivity index (χ3n) is 3.20. The van der Waals surface area contributed by atoms with Crippen LogP contribution in [0.1, 0.15) is 52.7 Å². The first-order chi connectivity index (χ1) is 7.96. The molecule has 0 aliphatic rings. The number of anilines is 1. The summed E-state index contributed by atoms with van der Waals surface area (Å²) in [4.78, 5) is 2.22. The number of benzene rings is 1. The second-order valence-electron chi connectivity index (χ2n) is 7.32. The van der Waals surface area contributed by atoms with Crippen molar-refractivity contribution in [3.05, 3.63) is 23.3 Å². The lowest BCUT2D eigenvalue weighted by Gasteiger charge is -2.35. The van der Waals surface area contributed by atoms with E-state index in [9.17, 15) is 0 Å². The fourth-order valence-corrected chi connectivity index (χ4v) is 3.22. The molecule has 0 saturated carbocycles. The molecule has 0 saturated heterocycles. The largest absolute Gasteiger partial charge is 0.377 e. The van der Waals surface area contributed by atoms with Crippen LogP contribution in [0.4, 0.5) is 5.69 Å². The highest BCUT2D eigenvalue weighted by atomic mass is 31.0. The highest BCUT2D eigenvalue weighted by molar-refractivity contribution is 7.27. The van der Waals surface area contributed by atoms with E-state index >= 15 is 0 Å². The van der Waals surface area contributed by atoms with Gasteiger partial charge in [0.15, 0.2) is 0 Å². The van der Waals surface area contributed by atoms with Crippen LogP contribution in [-0.4, -0.2) is 14.1 Å². The van der Waals surface area contributed by atoms with Crippen molar-refractivity contribution >= 4 is 20.2 Å². The number of hydrogen-bond donors (Lipinski definition) is 0. The van der Waals surface area contributed by atoms with E-state index in [1.807, 2.05) is 0 Å². The minimum absolute atomic E-state index is 0.148. The van der Waals surface area contributed by atoms with Crippen molar-refractivity contribution in [1.29, 1.82) is 0 Å². The Hall–Kier alpha value is -0.550. The van der Waals surface area contributed by atoms with Crippen molar-refractivity contribution < 1.29 is 0 Å². The van der Waals surface area contributed by atoms with E-state index < -0.39 is 0 Å². The van der Waals surface area contributed by atoms with Gasteiger partial charge in [0, 0.05) is 19.8 Å². The van der Waals surface area contributed by atoms with Gasteiger partial charge in [-0.15, -0.1) is 9.24 Å². The molecule has 0 aliphatic carbocycles. The summed E-state index contributed by atoms with van der Waals surface area (Å²) >= 11 is 0. The van der Waals surface area contributed by atoms with Gasteiger partial charge in [0.2, 0.25) is 0 Å². The van der Waals surface area contributed by atoms with Crippen LogP contribution in [0.15, 0.2) is 12.1 Å². The number of rotatable bonds is 1. The van der Waals surface area contributed by atoms with Gasteiger partial charge >= 0.3 is 0 Å². The lowest BCUT2D eigenvalue weighted by molar-refractivity contribution is 0.533. The van der Waals surface area contributed by atoms with Gasteiger partial charge < -0.3 is 4.90 Å². The summed E-state index contributed by atoms with van der Waals surface area (Å²) in [6.07, 6.45) is 0. The summed E-state index contributed by atoms with van der Waals surface area (Å²) in [5.74, 6) is 0. The van der Waals surface area contributed by atoms with Gasteiger partial charge in [-0.3, -0.25) is 0 Å². The van der Waals surface area contributed by atoms with E-state index in [1.165, 1.54) is 22.1 Å². The molecule has 18 heavy (non-hydrogen) atoms. The molecule has 0 heterocycles. The highest BCUT2D eigenvalue weighted by Gasteiger charge is 2.29. The normalized spacial score (nSPS) is 12.7. The van der Waals surface area contributed by atoms with Gasteiger partial charge in [0.1, 0.15) is 0 Å². The predicted octanol–water partition coefficient (Wildman–Crippen LogP) is 3.85. The number of hydrogen-bond acceptors (Lipinski definition) is 1. The Kier molecular flexibility index (Phi) is 4.18. The molecule has 0 fully saturated rings. The summed E-state index contributed by atoms with van der Waals surface area (Å²) in [6.45, 7) is 13.8. The van der Waals surface area contributed by atoms with Crippen molar-refractivity contribution in [2.45, 2.75) is 52.4 Å². The first-order valence-corrected chi connectivity index (χ1v) is 7.14. The van der Waals surface area contributed by atoms with Crippen LogP contribution in [0.5, 0.6) is 0 Å². The van der Waals surface area contributed by atoms with Gasteiger partial charge in [-0.2, -0.15) is 0 Å². The Labute approximate surface area is 115 Å². The maximum absolute atomic E-state index is 2.90. The Morgan fingerprint density at radius 1 is 0.833 bits per heavy atom. The van der Waals surface area contributed by atoms with E-state index in [0.717, 1.165) is 0 Å². The zero-order chi connectivity index (χ0) is 14.3. The van der Waals surface area contributed by atoms with Crippen molar-refractivity contribution in [2.24, 2.45) is 0 Å². The van der Waals surface area contributed by atoms with E-state index in [0.29, 0.717) is 0 Å². The van der Waals surface area contributed by atoms with Crippen LogP contribution in [-0.2, 0) is 10.8 Å². The summed E-state index contributed by atoms with van der Waals surface area (Å²) in [5.41, 5.74) is 4.57. The molecule has 1 unspecified atom stereocenters. The zero-order valence-corrected chi connectivity index (χ0v) is 14.3. The van der Waals surface area contributed by atoms with Crippen LogP contribution >= 0.6 is 9.24 Å². The maximum Gasteiger partial charge on any atom is 0.0402 e. The molecule has 102 valence electrons. The topological polar surface area (TPSA) is 3.24 Å². The molecular formula is C16H28NP. The lowest BCUT2D eigenvalue weighted by Crippen LogP contribution is -2.30. The van der Waals surface area contributed by atoms with Crippen LogP contribution in [0, 0.1) is 0 Å². The minimum atomic E-state index is 0.148. The van der Waals surface area contributed by atoms with E-state index in [4.69, 9.17) is 0 Å². The quantitative estimate of drug-likeness (QED) is 0.697. The van der Waals surface area contributed by atoms with Crippen molar-refractivity contribution in [1.82, 2.24) is 0 Å². The fourth-order valence-electron chi connectivity index (χ4n) is 2.55. The van der Waals surface area contributed by atoms with E-state index in [1.54, 1.807) is 0 Å². The molecule has 0 N–H and O–H groups in total. The molecule has 0 bridgehead atoms. The smallest absolute Gasteiger partial charge is 0.0402 e. The molecule has 1 nitrogen and oxygen atoms in total. The molecule has 0 radical (unpaired) electrons. The van der Waals surface area contributed by atoms with Gasteiger partial charge in [-0.05, 0) is 33.3 Å². The minimum Gasteiger partial charge on any atom is -0.377 e. The second kappa shape index (κ2) is 4.85. The molecule has 1 aromatic rings. The molecule has 1 atom stereocenters. The predicted molar refractivity (Wildman–Crippen MR) is 87.5 cm³/mol. The zero-order valence-electron chi connectivity index (χ0n) is 13.2. The molecule has 1 rings (SSSR count). The summed E-state index contributed by atoms with van der Waals surface area (Å²) in [6, 6.07) is 4.45. The van der Waals surface area contributed by atoms with Crippen molar-refractivity contribution in [2.75, 3.05) is 19.0 Å². The van der Waals surface area contributed by atoms with Gasteiger partial charge in [-0.25, -0.2) is 0 Å². The maximum atomic E-state index is 2.90. The molecule has 1 aromatic carbocycles. The molecule has 2 heteroatoms. The highest BCUT2D eigenvalue weighted by Crippen LogP contribution is 2.39. The Bertz CT molecular complexity index is 434. The fraction of sp³-hybridized carbons (Fsp3) is 0.625. The lowest BCUT2D eigenvalue weighted by atomic mass is 9.74. The van der Waals surface area contributed by atoms with Gasteiger partial charge in [0.05, 0.1) is 0 Å². The first-order valence-electron chi connectivity index (χ1n) is 6.57. The van der Waals surface area contributed by atoms with Gasteiger partial charge in [-0.1, -0.05) is 47.6 Å².